The minimum absolute atomic E-state index is 0.158. The second-order valence-corrected chi connectivity index (χ2v) is 7.05. The number of nitrogens with zero attached hydrogens (tertiary/aromatic N) is 2. The van der Waals surface area contributed by atoms with Gasteiger partial charge in [-0.3, -0.25) is 9.20 Å². The number of carbonyl (C=O) groups excluding carboxylic acids is 2. The van der Waals surface area contributed by atoms with E-state index in [2.05, 4.69) is 10.3 Å². The van der Waals surface area contributed by atoms with Crippen molar-refractivity contribution in [3.63, 3.8) is 0 Å². The van der Waals surface area contributed by atoms with Crippen LogP contribution in [0.2, 0.25) is 0 Å². The number of aromatic nitrogens is 2. The summed E-state index contributed by atoms with van der Waals surface area (Å²) >= 11 is 1.48. The smallest absolute Gasteiger partial charge is 0.330 e. The monoisotopic (exact) mass is 357 g/mol. The highest BCUT2D eigenvalue weighted by Gasteiger charge is 2.30. The number of ether oxygens (including phenoxy) is 1. The summed E-state index contributed by atoms with van der Waals surface area (Å²) in [6, 6.07) is 9.88. The van der Waals surface area contributed by atoms with Crippen LogP contribution >= 0.6 is 11.3 Å². The minimum atomic E-state index is -1.06. The third-order valence-corrected chi connectivity index (χ3v) is 4.73. The molecule has 1 N–H and O–H groups in total. The van der Waals surface area contributed by atoms with E-state index >= 15 is 0 Å². The summed E-state index contributed by atoms with van der Waals surface area (Å²) in [6.45, 7) is 3.23. The SMILES string of the molecule is COC(=O)C(C)(C)NC(=O)Cc1csc2nc(-c3ccccc3)cn12. The first-order valence-electron chi connectivity index (χ1n) is 7.81. The molecule has 7 heteroatoms. The maximum atomic E-state index is 12.3. The quantitative estimate of drug-likeness (QED) is 0.713. The summed E-state index contributed by atoms with van der Waals surface area (Å²) in [7, 11) is 1.30. The average molecular weight is 357 g/mol. The summed E-state index contributed by atoms with van der Waals surface area (Å²) in [5.41, 5.74) is 1.66. The summed E-state index contributed by atoms with van der Waals surface area (Å²) in [5, 5.41) is 4.61. The zero-order valence-electron chi connectivity index (χ0n) is 14.3. The fourth-order valence-electron chi connectivity index (χ4n) is 2.57. The van der Waals surface area contributed by atoms with Crippen LogP contribution < -0.4 is 5.32 Å². The van der Waals surface area contributed by atoms with Crippen molar-refractivity contribution in [2.75, 3.05) is 7.11 Å². The van der Waals surface area contributed by atoms with Crippen molar-refractivity contribution in [2.45, 2.75) is 25.8 Å². The van der Waals surface area contributed by atoms with E-state index < -0.39 is 11.5 Å². The number of amides is 1. The molecule has 1 aromatic carbocycles. The molecular weight excluding hydrogens is 338 g/mol. The van der Waals surface area contributed by atoms with Crippen molar-refractivity contribution < 1.29 is 14.3 Å². The third-order valence-electron chi connectivity index (χ3n) is 3.84. The number of carbonyl (C=O) groups is 2. The van der Waals surface area contributed by atoms with Gasteiger partial charge in [0.2, 0.25) is 5.91 Å². The van der Waals surface area contributed by atoms with E-state index in [-0.39, 0.29) is 12.3 Å². The van der Waals surface area contributed by atoms with Gasteiger partial charge in [0.15, 0.2) is 4.96 Å². The first-order valence-corrected chi connectivity index (χ1v) is 8.69. The molecule has 0 saturated carbocycles. The third kappa shape index (κ3) is 3.56. The van der Waals surface area contributed by atoms with Gasteiger partial charge >= 0.3 is 5.97 Å². The van der Waals surface area contributed by atoms with E-state index in [1.807, 2.05) is 46.3 Å². The van der Waals surface area contributed by atoms with Crippen molar-refractivity contribution in [3.05, 3.63) is 47.6 Å². The summed E-state index contributed by atoms with van der Waals surface area (Å²) in [6.07, 6.45) is 2.08. The molecule has 0 aliphatic heterocycles. The van der Waals surface area contributed by atoms with Gasteiger partial charge in [-0.15, -0.1) is 11.3 Å². The lowest BCUT2D eigenvalue weighted by Crippen LogP contribution is -2.50. The van der Waals surface area contributed by atoms with Crippen LogP contribution in [0, 0.1) is 0 Å². The van der Waals surface area contributed by atoms with Crippen LogP contribution in [0.4, 0.5) is 0 Å². The predicted octanol–water partition coefficient (Wildman–Crippen LogP) is 2.67. The van der Waals surface area contributed by atoms with Crippen LogP contribution in [0.15, 0.2) is 41.9 Å². The molecule has 0 saturated heterocycles. The van der Waals surface area contributed by atoms with E-state index in [1.165, 1.54) is 18.4 Å². The molecular formula is C18H19N3O3S. The number of rotatable bonds is 5. The fourth-order valence-corrected chi connectivity index (χ4v) is 3.44. The van der Waals surface area contributed by atoms with Crippen LogP contribution in [0.3, 0.4) is 0 Å². The standard InChI is InChI=1S/C18H19N3O3S/c1-18(2,16(23)24-3)20-15(22)9-13-11-25-17-19-14(10-21(13)17)12-7-5-4-6-8-12/h4-8,10-11H,9H2,1-3H3,(H,20,22). The molecule has 0 aliphatic rings. The van der Waals surface area contributed by atoms with Gasteiger partial charge in [0, 0.05) is 22.8 Å². The Labute approximate surface area is 149 Å². The van der Waals surface area contributed by atoms with Gasteiger partial charge < -0.3 is 10.1 Å². The molecule has 0 aliphatic carbocycles. The van der Waals surface area contributed by atoms with E-state index in [0.717, 1.165) is 21.9 Å². The molecule has 0 atom stereocenters. The largest absolute Gasteiger partial charge is 0.467 e. The highest BCUT2D eigenvalue weighted by Crippen LogP contribution is 2.23. The van der Waals surface area contributed by atoms with Gasteiger partial charge in [-0.05, 0) is 13.8 Å². The Morgan fingerprint density at radius 2 is 2.00 bits per heavy atom. The maximum absolute atomic E-state index is 12.3. The number of hydrogen-bond donors (Lipinski definition) is 1. The molecule has 3 rings (SSSR count). The van der Waals surface area contributed by atoms with Crippen LogP contribution in [0.25, 0.3) is 16.2 Å². The number of methoxy groups -OCH3 is 1. The van der Waals surface area contributed by atoms with E-state index in [0.29, 0.717) is 0 Å². The van der Waals surface area contributed by atoms with Gasteiger partial charge in [0.1, 0.15) is 5.54 Å². The highest BCUT2D eigenvalue weighted by molar-refractivity contribution is 7.15. The summed E-state index contributed by atoms with van der Waals surface area (Å²) in [4.78, 5) is 29.4. The summed E-state index contributed by atoms with van der Waals surface area (Å²) in [5.74, 6) is -0.727. The molecule has 1 amide bonds. The Morgan fingerprint density at radius 1 is 1.28 bits per heavy atom. The predicted molar refractivity (Wildman–Crippen MR) is 96.4 cm³/mol. The molecule has 0 bridgehead atoms. The van der Waals surface area contributed by atoms with Crippen molar-refractivity contribution >= 4 is 28.2 Å². The summed E-state index contributed by atoms with van der Waals surface area (Å²) < 4.78 is 6.62. The number of fused-ring (bicyclic) bond motifs is 1. The second-order valence-electron chi connectivity index (χ2n) is 6.21. The number of nitrogens with one attached hydrogen (secondary N) is 1. The topological polar surface area (TPSA) is 72.7 Å². The van der Waals surface area contributed by atoms with Crippen LogP contribution in [-0.2, 0) is 20.7 Å². The van der Waals surface area contributed by atoms with E-state index in [1.54, 1.807) is 13.8 Å². The number of esters is 1. The van der Waals surface area contributed by atoms with E-state index in [9.17, 15) is 9.59 Å². The molecule has 0 unspecified atom stereocenters. The molecule has 3 aromatic rings. The molecule has 130 valence electrons. The van der Waals surface area contributed by atoms with Gasteiger partial charge in [-0.2, -0.15) is 0 Å². The molecule has 2 heterocycles. The van der Waals surface area contributed by atoms with Crippen LogP contribution in [0.5, 0.6) is 0 Å². The lowest BCUT2D eigenvalue weighted by molar-refractivity contribution is -0.149. The molecule has 0 radical (unpaired) electrons. The van der Waals surface area contributed by atoms with Crippen molar-refractivity contribution in [2.24, 2.45) is 0 Å². The first-order chi connectivity index (χ1) is 11.9. The zero-order valence-corrected chi connectivity index (χ0v) is 15.1. The second kappa shape index (κ2) is 6.68. The molecule has 0 spiro atoms. The Morgan fingerprint density at radius 3 is 2.68 bits per heavy atom. The Hall–Kier alpha value is -2.67. The number of imidazole rings is 1. The Balaban J connectivity index is 1.79. The molecule has 0 fully saturated rings. The number of benzene rings is 1. The van der Waals surface area contributed by atoms with Crippen LogP contribution in [-0.4, -0.2) is 33.9 Å². The fraction of sp³-hybridized carbons (Fsp3) is 0.278. The lowest BCUT2D eigenvalue weighted by Gasteiger charge is -2.22. The zero-order chi connectivity index (χ0) is 18.0. The molecule has 25 heavy (non-hydrogen) atoms. The molecule has 6 nitrogen and oxygen atoms in total. The van der Waals surface area contributed by atoms with Crippen molar-refractivity contribution in [3.8, 4) is 11.3 Å². The number of hydrogen-bond acceptors (Lipinski definition) is 5. The van der Waals surface area contributed by atoms with Crippen molar-refractivity contribution in [1.82, 2.24) is 14.7 Å². The van der Waals surface area contributed by atoms with Gasteiger partial charge in [0.05, 0.1) is 19.2 Å². The maximum Gasteiger partial charge on any atom is 0.330 e. The lowest BCUT2D eigenvalue weighted by atomic mass is 10.1. The van der Waals surface area contributed by atoms with E-state index in [4.69, 9.17) is 4.74 Å². The van der Waals surface area contributed by atoms with Gasteiger partial charge in [-0.1, -0.05) is 30.3 Å². The van der Waals surface area contributed by atoms with Crippen LogP contribution in [0.1, 0.15) is 19.5 Å². The Kier molecular flexibility index (Phi) is 4.59. The number of thiazole rings is 1. The molecule has 2 aromatic heterocycles. The normalized spacial score (nSPS) is 11.5. The highest BCUT2D eigenvalue weighted by atomic mass is 32.1. The van der Waals surface area contributed by atoms with Gasteiger partial charge in [-0.25, -0.2) is 9.78 Å². The Bertz CT molecular complexity index is 912. The average Bonchev–Trinajstić information content (AvgIpc) is 3.16. The van der Waals surface area contributed by atoms with Gasteiger partial charge in [0.25, 0.3) is 0 Å². The minimum Gasteiger partial charge on any atom is -0.467 e. The van der Waals surface area contributed by atoms with Crippen molar-refractivity contribution in [1.29, 1.82) is 0 Å². The first kappa shape index (κ1) is 17.2.